The van der Waals surface area contributed by atoms with Gasteiger partial charge in [-0.1, -0.05) is 27.2 Å². The molecule has 0 unspecified atom stereocenters. The minimum Gasteiger partial charge on any atom is -0.300 e. The summed E-state index contributed by atoms with van der Waals surface area (Å²) in [6, 6.07) is 0.779. The zero-order valence-corrected chi connectivity index (χ0v) is 13.0. The molecule has 2 aliphatic rings. The Morgan fingerprint density at radius 3 is 2.11 bits per heavy atom. The van der Waals surface area contributed by atoms with E-state index in [-0.39, 0.29) is 5.41 Å². The Balaban J connectivity index is 1.74. The van der Waals surface area contributed by atoms with Crippen molar-refractivity contribution in [3.63, 3.8) is 0 Å². The molecule has 0 N–H and O–H groups in total. The van der Waals surface area contributed by atoms with Gasteiger partial charge in [-0.25, -0.2) is 0 Å². The number of carbonyl (C=O) groups is 1. The fraction of sp³-hybridized carbons (Fsp3) is 0.938. The van der Waals surface area contributed by atoms with Crippen molar-refractivity contribution in [3.05, 3.63) is 0 Å². The monoisotopic (exact) mass is 266 g/mol. The van der Waals surface area contributed by atoms with Gasteiger partial charge in [0.15, 0.2) is 5.78 Å². The molecule has 0 amide bonds. The number of nitrogens with zero attached hydrogens (tertiary/aromatic N) is 2. The molecule has 0 aromatic carbocycles. The Labute approximate surface area is 118 Å². The van der Waals surface area contributed by atoms with E-state index in [4.69, 9.17) is 0 Å². The van der Waals surface area contributed by atoms with Crippen molar-refractivity contribution in [3.8, 4) is 0 Å². The Hall–Kier alpha value is -0.410. The van der Waals surface area contributed by atoms with Crippen molar-refractivity contribution >= 4 is 5.78 Å². The highest BCUT2D eigenvalue weighted by atomic mass is 16.1. The number of hydrogen-bond donors (Lipinski definition) is 0. The number of hydrogen-bond acceptors (Lipinski definition) is 3. The SMILES string of the molecule is CC(C)(C)C(=O)CN1CCC(N2CCCCC2)CC1. The summed E-state index contributed by atoms with van der Waals surface area (Å²) in [7, 11) is 0. The molecule has 2 aliphatic heterocycles. The summed E-state index contributed by atoms with van der Waals surface area (Å²) in [6.45, 7) is 11.5. The molecule has 0 aromatic heterocycles. The van der Waals surface area contributed by atoms with Gasteiger partial charge in [-0.05, 0) is 38.8 Å². The van der Waals surface area contributed by atoms with E-state index in [9.17, 15) is 4.79 Å². The highest BCUT2D eigenvalue weighted by Gasteiger charge is 2.28. The predicted octanol–water partition coefficient (Wildman–Crippen LogP) is 2.55. The van der Waals surface area contributed by atoms with Crippen LogP contribution in [0.2, 0.25) is 0 Å². The molecular formula is C16H30N2O. The molecule has 3 heteroatoms. The molecule has 0 atom stereocenters. The van der Waals surface area contributed by atoms with E-state index in [1.54, 1.807) is 0 Å². The lowest BCUT2D eigenvalue weighted by atomic mass is 9.90. The van der Waals surface area contributed by atoms with Gasteiger partial charge >= 0.3 is 0 Å². The molecule has 0 aliphatic carbocycles. The highest BCUT2D eigenvalue weighted by molar-refractivity contribution is 5.85. The van der Waals surface area contributed by atoms with Crippen molar-refractivity contribution in [1.82, 2.24) is 9.80 Å². The topological polar surface area (TPSA) is 23.6 Å². The van der Waals surface area contributed by atoms with E-state index >= 15 is 0 Å². The molecule has 0 bridgehead atoms. The number of piperidine rings is 2. The lowest BCUT2D eigenvalue weighted by Gasteiger charge is -2.40. The largest absolute Gasteiger partial charge is 0.300 e. The first-order valence-electron chi connectivity index (χ1n) is 7.96. The summed E-state index contributed by atoms with van der Waals surface area (Å²) in [5, 5.41) is 0. The Morgan fingerprint density at radius 2 is 1.58 bits per heavy atom. The van der Waals surface area contributed by atoms with Gasteiger partial charge in [0.25, 0.3) is 0 Å². The Morgan fingerprint density at radius 1 is 1.00 bits per heavy atom. The number of rotatable bonds is 3. The third-order valence-corrected chi connectivity index (χ3v) is 4.67. The van der Waals surface area contributed by atoms with Crippen LogP contribution in [0.3, 0.4) is 0 Å². The van der Waals surface area contributed by atoms with Gasteiger partial charge in [-0.15, -0.1) is 0 Å². The lowest BCUT2D eigenvalue weighted by Crippen LogP contribution is -2.48. The minimum absolute atomic E-state index is 0.191. The number of likely N-dealkylation sites (tertiary alicyclic amines) is 2. The molecule has 0 aromatic rings. The molecule has 2 fully saturated rings. The summed E-state index contributed by atoms with van der Waals surface area (Å²) in [4.78, 5) is 17.1. The van der Waals surface area contributed by atoms with Crippen LogP contribution in [-0.2, 0) is 4.79 Å². The molecule has 0 spiro atoms. The van der Waals surface area contributed by atoms with E-state index in [2.05, 4.69) is 9.80 Å². The van der Waals surface area contributed by atoms with Gasteiger partial charge in [0.1, 0.15) is 0 Å². The van der Waals surface area contributed by atoms with Crippen LogP contribution in [0.4, 0.5) is 0 Å². The number of ketones is 1. The van der Waals surface area contributed by atoms with Crippen LogP contribution in [-0.4, -0.2) is 54.3 Å². The molecule has 0 saturated carbocycles. The van der Waals surface area contributed by atoms with Crippen LogP contribution in [0.1, 0.15) is 52.9 Å². The summed E-state index contributed by atoms with van der Waals surface area (Å²) in [6.07, 6.45) is 6.66. The van der Waals surface area contributed by atoms with Crippen molar-refractivity contribution in [2.45, 2.75) is 58.9 Å². The summed E-state index contributed by atoms with van der Waals surface area (Å²) in [5.41, 5.74) is -0.191. The molecule has 0 radical (unpaired) electrons. The van der Waals surface area contributed by atoms with Crippen molar-refractivity contribution in [1.29, 1.82) is 0 Å². The Bertz CT molecular complexity index is 294. The average molecular weight is 266 g/mol. The van der Waals surface area contributed by atoms with Crippen LogP contribution >= 0.6 is 0 Å². The van der Waals surface area contributed by atoms with Gasteiger partial charge in [0, 0.05) is 24.5 Å². The van der Waals surface area contributed by atoms with E-state index in [1.165, 1.54) is 45.2 Å². The van der Waals surface area contributed by atoms with Crippen molar-refractivity contribution in [2.24, 2.45) is 5.41 Å². The normalized spacial score (nSPS) is 24.6. The zero-order chi connectivity index (χ0) is 13.9. The van der Waals surface area contributed by atoms with E-state index in [0.717, 1.165) is 19.1 Å². The molecule has 110 valence electrons. The van der Waals surface area contributed by atoms with Crippen LogP contribution in [0, 0.1) is 5.41 Å². The fourth-order valence-electron chi connectivity index (χ4n) is 3.17. The average Bonchev–Trinajstić information content (AvgIpc) is 2.39. The smallest absolute Gasteiger partial charge is 0.152 e. The van der Waals surface area contributed by atoms with Gasteiger partial charge in [-0.3, -0.25) is 9.69 Å². The van der Waals surface area contributed by atoms with E-state index < -0.39 is 0 Å². The van der Waals surface area contributed by atoms with Crippen molar-refractivity contribution < 1.29 is 4.79 Å². The second kappa shape index (κ2) is 6.36. The fourth-order valence-corrected chi connectivity index (χ4v) is 3.17. The molecule has 2 rings (SSSR count). The van der Waals surface area contributed by atoms with Gasteiger partial charge < -0.3 is 4.90 Å². The standard InChI is InChI=1S/C16H30N2O/c1-16(2,3)15(19)13-17-11-7-14(8-12-17)18-9-5-4-6-10-18/h14H,4-13H2,1-3H3. The highest BCUT2D eigenvalue weighted by Crippen LogP contribution is 2.22. The maximum atomic E-state index is 12.1. The van der Waals surface area contributed by atoms with E-state index in [1.807, 2.05) is 20.8 Å². The summed E-state index contributed by atoms with van der Waals surface area (Å²) < 4.78 is 0. The molecule has 2 heterocycles. The molecule has 3 nitrogen and oxygen atoms in total. The summed E-state index contributed by atoms with van der Waals surface area (Å²) >= 11 is 0. The van der Waals surface area contributed by atoms with Crippen molar-refractivity contribution in [2.75, 3.05) is 32.7 Å². The number of Topliss-reactive ketones (excluding diaryl/α,β-unsaturated/α-hetero) is 1. The van der Waals surface area contributed by atoms with Gasteiger partial charge in [0.2, 0.25) is 0 Å². The quantitative estimate of drug-likeness (QED) is 0.784. The van der Waals surface area contributed by atoms with Crippen LogP contribution in [0.5, 0.6) is 0 Å². The molecular weight excluding hydrogens is 236 g/mol. The van der Waals surface area contributed by atoms with Crippen LogP contribution in [0.15, 0.2) is 0 Å². The zero-order valence-electron chi connectivity index (χ0n) is 13.0. The maximum absolute atomic E-state index is 12.1. The molecule has 2 saturated heterocycles. The first-order chi connectivity index (χ1) is 8.97. The first kappa shape index (κ1) is 15.0. The summed E-state index contributed by atoms with van der Waals surface area (Å²) in [5.74, 6) is 0.379. The maximum Gasteiger partial charge on any atom is 0.152 e. The molecule has 19 heavy (non-hydrogen) atoms. The van der Waals surface area contributed by atoms with E-state index in [0.29, 0.717) is 12.3 Å². The minimum atomic E-state index is -0.191. The third-order valence-electron chi connectivity index (χ3n) is 4.67. The van der Waals surface area contributed by atoms with Crippen LogP contribution < -0.4 is 0 Å². The Kier molecular flexibility index (Phi) is 5.02. The lowest BCUT2D eigenvalue weighted by molar-refractivity contribution is -0.127. The second-order valence-corrected chi connectivity index (χ2v) is 7.28. The third kappa shape index (κ3) is 4.28. The predicted molar refractivity (Wildman–Crippen MR) is 79.3 cm³/mol. The van der Waals surface area contributed by atoms with Gasteiger partial charge in [0.05, 0.1) is 6.54 Å². The number of carbonyl (C=O) groups excluding carboxylic acids is 1. The van der Waals surface area contributed by atoms with Gasteiger partial charge in [-0.2, -0.15) is 0 Å². The second-order valence-electron chi connectivity index (χ2n) is 7.28. The van der Waals surface area contributed by atoms with Crippen LogP contribution in [0.25, 0.3) is 0 Å². The first-order valence-corrected chi connectivity index (χ1v) is 7.96.